The van der Waals surface area contributed by atoms with Gasteiger partial charge in [0.1, 0.15) is 11.9 Å². The molecule has 21 heavy (non-hydrogen) atoms. The maximum Gasteiger partial charge on any atom is 0.123 e. The first-order valence-electron chi connectivity index (χ1n) is 7.92. The molecule has 2 aliphatic rings. The summed E-state index contributed by atoms with van der Waals surface area (Å²) in [5.74, 6) is 1.57. The summed E-state index contributed by atoms with van der Waals surface area (Å²) in [6, 6.07) is 5.78. The number of aliphatic hydroxyl groups is 1. The summed E-state index contributed by atoms with van der Waals surface area (Å²) in [5, 5.41) is 14.8. The van der Waals surface area contributed by atoms with Crippen LogP contribution in [-0.2, 0) is 6.42 Å². The van der Waals surface area contributed by atoms with Gasteiger partial charge < -0.3 is 15.2 Å². The van der Waals surface area contributed by atoms with Crippen molar-refractivity contribution in [2.45, 2.75) is 50.7 Å². The standard InChI is InChI=1S/C17H24ClNO2/c1-12-3-2-6-17(20,9-12)11-19-10-15-8-13-7-14(18)4-5-16(13)21-15/h4-5,7,12,15,19-20H,2-3,6,8-11H2,1H3. The van der Waals surface area contributed by atoms with E-state index in [9.17, 15) is 5.11 Å². The van der Waals surface area contributed by atoms with Gasteiger partial charge in [-0.1, -0.05) is 31.4 Å². The lowest BCUT2D eigenvalue weighted by molar-refractivity contribution is -0.0128. The third kappa shape index (κ3) is 3.71. The Hall–Kier alpha value is -0.770. The van der Waals surface area contributed by atoms with Gasteiger partial charge in [-0.05, 0) is 42.5 Å². The average Bonchev–Trinajstić information content (AvgIpc) is 2.79. The Morgan fingerprint density at radius 3 is 3.14 bits per heavy atom. The molecule has 1 aromatic rings. The van der Waals surface area contributed by atoms with Crippen LogP contribution in [0.25, 0.3) is 0 Å². The van der Waals surface area contributed by atoms with E-state index in [2.05, 4.69) is 12.2 Å². The molecule has 0 amide bonds. The van der Waals surface area contributed by atoms with Crippen molar-refractivity contribution in [3.63, 3.8) is 0 Å². The molecule has 0 aromatic heterocycles. The highest BCUT2D eigenvalue weighted by Crippen LogP contribution is 2.32. The summed E-state index contributed by atoms with van der Waals surface area (Å²) in [7, 11) is 0. The van der Waals surface area contributed by atoms with Crippen LogP contribution in [0.1, 0.15) is 38.2 Å². The van der Waals surface area contributed by atoms with Gasteiger partial charge in [-0.2, -0.15) is 0 Å². The monoisotopic (exact) mass is 309 g/mol. The van der Waals surface area contributed by atoms with Gasteiger partial charge in [-0.15, -0.1) is 0 Å². The summed E-state index contributed by atoms with van der Waals surface area (Å²) >= 11 is 6.00. The van der Waals surface area contributed by atoms with Crippen molar-refractivity contribution < 1.29 is 9.84 Å². The first kappa shape index (κ1) is 15.1. The third-order valence-electron chi connectivity index (χ3n) is 4.66. The molecular weight excluding hydrogens is 286 g/mol. The zero-order valence-corrected chi connectivity index (χ0v) is 13.3. The van der Waals surface area contributed by atoms with E-state index in [1.54, 1.807) is 0 Å². The molecule has 1 fully saturated rings. The first-order valence-corrected chi connectivity index (χ1v) is 8.30. The van der Waals surface area contributed by atoms with E-state index in [-0.39, 0.29) is 6.10 Å². The van der Waals surface area contributed by atoms with Gasteiger partial charge in [0.2, 0.25) is 0 Å². The zero-order chi connectivity index (χ0) is 14.9. The molecule has 1 aromatic carbocycles. The molecule has 3 rings (SSSR count). The molecule has 3 atom stereocenters. The maximum atomic E-state index is 10.6. The highest BCUT2D eigenvalue weighted by atomic mass is 35.5. The number of rotatable bonds is 4. The van der Waals surface area contributed by atoms with Crippen LogP contribution in [0.5, 0.6) is 5.75 Å². The highest BCUT2D eigenvalue weighted by molar-refractivity contribution is 6.30. The van der Waals surface area contributed by atoms with E-state index in [0.29, 0.717) is 12.5 Å². The summed E-state index contributed by atoms with van der Waals surface area (Å²) in [6.07, 6.45) is 5.21. The molecule has 3 unspecified atom stereocenters. The van der Waals surface area contributed by atoms with E-state index in [0.717, 1.165) is 43.0 Å². The van der Waals surface area contributed by atoms with Gasteiger partial charge in [0.25, 0.3) is 0 Å². The summed E-state index contributed by atoms with van der Waals surface area (Å²) < 4.78 is 5.90. The van der Waals surface area contributed by atoms with E-state index in [1.165, 1.54) is 12.0 Å². The number of hydrogen-bond donors (Lipinski definition) is 2. The Balaban J connectivity index is 1.47. The number of benzene rings is 1. The Bertz CT molecular complexity index is 508. The topological polar surface area (TPSA) is 41.5 Å². The molecule has 1 aliphatic heterocycles. The predicted molar refractivity (Wildman–Crippen MR) is 85.0 cm³/mol. The van der Waals surface area contributed by atoms with Crippen LogP contribution in [0.4, 0.5) is 0 Å². The normalized spacial score (nSPS) is 31.8. The van der Waals surface area contributed by atoms with Crippen LogP contribution in [0.15, 0.2) is 18.2 Å². The van der Waals surface area contributed by atoms with Crippen molar-refractivity contribution in [2.24, 2.45) is 5.92 Å². The second-order valence-electron chi connectivity index (χ2n) is 6.75. The molecule has 3 nitrogen and oxygen atoms in total. The molecule has 0 radical (unpaired) electrons. The zero-order valence-electron chi connectivity index (χ0n) is 12.6. The lowest BCUT2D eigenvalue weighted by Crippen LogP contribution is -2.46. The van der Waals surface area contributed by atoms with Crippen LogP contribution in [-0.4, -0.2) is 29.9 Å². The predicted octanol–water partition coefficient (Wildman–Crippen LogP) is 3.17. The fourth-order valence-corrected chi connectivity index (χ4v) is 3.86. The Morgan fingerprint density at radius 2 is 2.33 bits per heavy atom. The average molecular weight is 310 g/mol. The molecule has 116 valence electrons. The van der Waals surface area contributed by atoms with Crippen molar-refractivity contribution in [1.29, 1.82) is 0 Å². The number of nitrogens with one attached hydrogen (secondary N) is 1. The molecule has 1 heterocycles. The summed E-state index contributed by atoms with van der Waals surface area (Å²) in [4.78, 5) is 0. The molecular formula is C17H24ClNO2. The molecule has 2 N–H and O–H groups in total. The van der Waals surface area contributed by atoms with Crippen LogP contribution < -0.4 is 10.1 Å². The van der Waals surface area contributed by atoms with Gasteiger partial charge >= 0.3 is 0 Å². The van der Waals surface area contributed by atoms with Crippen LogP contribution in [0.2, 0.25) is 5.02 Å². The van der Waals surface area contributed by atoms with Crippen molar-refractivity contribution >= 4 is 11.6 Å². The van der Waals surface area contributed by atoms with E-state index >= 15 is 0 Å². The van der Waals surface area contributed by atoms with Gasteiger partial charge in [0, 0.05) is 24.5 Å². The van der Waals surface area contributed by atoms with Gasteiger partial charge in [0.05, 0.1) is 5.60 Å². The number of fused-ring (bicyclic) bond motifs is 1. The number of halogens is 1. The Kier molecular flexibility index (Phi) is 4.43. The summed E-state index contributed by atoms with van der Waals surface area (Å²) in [6.45, 7) is 3.65. The smallest absolute Gasteiger partial charge is 0.123 e. The van der Waals surface area contributed by atoms with Crippen molar-refractivity contribution in [1.82, 2.24) is 5.32 Å². The van der Waals surface area contributed by atoms with Crippen molar-refractivity contribution in [2.75, 3.05) is 13.1 Å². The number of ether oxygens (including phenoxy) is 1. The first-order chi connectivity index (χ1) is 10.0. The summed E-state index contributed by atoms with van der Waals surface area (Å²) in [5.41, 5.74) is 0.645. The fraction of sp³-hybridized carbons (Fsp3) is 0.647. The van der Waals surface area contributed by atoms with Gasteiger partial charge in [0.15, 0.2) is 0 Å². The largest absolute Gasteiger partial charge is 0.488 e. The van der Waals surface area contributed by atoms with Gasteiger partial charge in [-0.3, -0.25) is 0 Å². The van der Waals surface area contributed by atoms with Crippen LogP contribution >= 0.6 is 11.6 Å². The SMILES string of the molecule is CC1CCCC(O)(CNCC2Cc3cc(Cl)ccc3O2)C1. The van der Waals surface area contributed by atoms with E-state index in [4.69, 9.17) is 16.3 Å². The molecule has 0 spiro atoms. The van der Waals surface area contributed by atoms with Crippen molar-refractivity contribution in [3.05, 3.63) is 28.8 Å². The molecule has 1 aliphatic carbocycles. The second-order valence-corrected chi connectivity index (χ2v) is 7.19. The highest BCUT2D eigenvalue weighted by Gasteiger charge is 2.32. The third-order valence-corrected chi connectivity index (χ3v) is 4.89. The minimum atomic E-state index is -0.535. The van der Waals surface area contributed by atoms with E-state index < -0.39 is 5.60 Å². The van der Waals surface area contributed by atoms with Crippen LogP contribution in [0.3, 0.4) is 0 Å². The molecule has 0 bridgehead atoms. The second kappa shape index (κ2) is 6.15. The maximum absolute atomic E-state index is 10.6. The minimum Gasteiger partial charge on any atom is -0.488 e. The quantitative estimate of drug-likeness (QED) is 0.897. The van der Waals surface area contributed by atoms with Crippen LogP contribution in [0, 0.1) is 5.92 Å². The lowest BCUT2D eigenvalue weighted by atomic mass is 9.79. The van der Waals surface area contributed by atoms with Crippen molar-refractivity contribution in [3.8, 4) is 5.75 Å². The number of hydrogen-bond acceptors (Lipinski definition) is 3. The Morgan fingerprint density at radius 1 is 1.48 bits per heavy atom. The van der Waals surface area contributed by atoms with Gasteiger partial charge in [-0.25, -0.2) is 0 Å². The Labute approximate surface area is 131 Å². The minimum absolute atomic E-state index is 0.142. The molecule has 0 saturated heterocycles. The van der Waals surface area contributed by atoms with E-state index in [1.807, 2.05) is 18.2 Å². The fourth-order valence-electron chi connectivity index (χ4n) is 3.66. The lowest BCUT2D eigenvalue weighted by Gasteiger charge is -2.36. The molecule has 4 heteroatoms. The molecule has 1 saturated carbocycles.